The molecule has 0 atom stereocenters. The molecule has 0 heterocycles. The zero-order valence-corrected chi connectivity index (χ0v) is 5.88. The van der Waals surface area contributed by atoms with E-state index in [2.05, 4.69) is 0 Å². The Balaban J connectivity index is 0. The zero-order chi connectivity index (χ0) is 0. The van der Waals surface area contributed by atoms with Gasteiger partial charge in [0.2, 0.25) is 0 Å². The van der Waals surface area contributed by atoms with Gasteiger partial charge in [-0.3, -0.25) is 0 Å². The molecule has 0 fully saturated rings. The molecule has 5 heavy (non-hydrogen) atoms. The van der Waals surface area contributed by atoms with E-state index in [4.69, 9.17) is 0 Å². The molecule has 0 aliphatic carbocycles. The van der Waals surface area contributed by atoms with Crippen molar-refractivity contribution in [2.45, 2.75) is 0 Å². The molecule has 0 rings (SSSR count). The molecule has 0 aliphatic heterocycles. The molecule has 0 unspecified atom stereocenters. The van der Waals surface area contributed by atoms with Crippen molar-refractivity contribution in [3.63, 3.8) is 0 Å². The van der Waals surface area contributed by atoms with Gasteiger partial charge >= 0.3 is 21.7 Å². The van der Waals surface area contributed by atoms with E-state index in [9.17, 15) is 0 Å². The summed E-state index contributed by atoms with van der Waals surface area (Å²) in [5, 5.41) is 0. The van der Waals surface area contributed by atoms with Crippen molar-refractivity contribution in [2.24, 2.45) is 0 Å². The Morgan fingerprint density at radius 1 is 0.600 bits per heavy atom. The van der Waals surface area contributed by atoms with E-state index in [1.54, 1.807) is 0 Å². The van der Waals surface area contributed by atoms with Gasteiger partial charge in [-0.05, 0) is 0 Å². The van der Waals surface area contributed by atoms with Gasteiger partial charge in [-0.1, -0.05) is 0 Å². The summed E-state index contributed by atoms with van der Waals surface area (Å²) in [7, 11) is 0. The molecule has 0 saturated carbocycles. The summed E-state index contributed by atoms with van der Waals surface area (Å²) in [6, 6.07) is 0. The first-order chi connectivity index (χ1) is 0. The summed E-state index contributed by atoms with van der Waals surface area (Å²) in [4.78, 5) is 0. The van der Waals surface area contributed by atoms with Crippen LogP contribution in [0.4, 0.5) is 0 Å². The average Bonchev–Trinajstić information content (AvgIpc) is 0. The van der Waals surface area contributed by atoms with Crippen LogP contribution in [0.25, 0.3) is 0 Å². The Labute approximate surface area is 55.9 Å². The first kappa shape index (κ1) is 125. The molecule has 0 bridgehead atoms. The van der Waals surface area contributed by atoms with Crippen LogP contribution in [0.3, 0.4) is 0 Å². The largest absolute Gasteiger partial charge is 4.00 e. The third-order valence-corrected chi connectivity index (χ3v) is 0. The summed E-state index contributed by atoms with van der Waals surface area (Å²) in [6.07, 6.45) is 0. The zero-order valence-electron chi connectivity index (χ0n) is 2.22. The van der Waals surface area contributed by atoms with Gasteiger partial charge in [-0.25, -0.2) is 0 Å². The van der Waals surface area contributed by atoms with Crippen molar-refractivity contribution >= 4 is 17.6 Å². The second-order valence-corrected chi connectivity index (χ2v) is 0. The van der Waals surface area contributed by atoms with Gasteiger partial charge in [-0.2, -0.15) is 0 Å². The topological polar surface area (TPSA) is 85.5 Å². The minimum absolute atomic E-state index is 0. The molecular formula is GeO3Ti-2. The third kappa shape index (κ3) is 39.1. The fourth-order valence-corrected chi connectivity index (χ4v) is 0. The smallest absolute Gasteiger partial charge is 2.00 e. The molecule has 0 N–H and O–H groups in total. The van der Waals surface area contributed by atoms with E-state index in [-0.39, 0.29) is 55.7 Å². The molecule has 0 saturated heterocycles. The Morgan fingerprint density at radius 2 is 0.600 bits per heavy atom. The van der Waals surface area contributed by atoms with E-state index in [1.807, 2.05) is 0 Å². The molecule has 28 valence electrons. The van der Waals surface area contributed by atoms with Crippen molar-refractivity contribution in [1.82, 2.24) is 0 Å². The van der Waals surface area contributed by atoms with Crippen LogP contribution in [-0.4, -0.2) is 17.6 Å². The Kier molecular flexibility index (Phi) is 1700. The quantitative estimate of drug-likeness (QED) is 0.427. The standard InChI is InChI=1S/Ge.3O.Ti/q;3*-2;+4. The van der Waals surface area contributed by atoms with Crippen LogP contribution < -0.4 is 0 Å². The van der Waals surface area contributed by atoms with Gasteiger partial charge in [-0.15, -0.1) is 0 Å². The van der Waals surface area contributed by atoms with Crippen LogP contribution >= 0.6 is 0 Å². The SMILES string of the molecule is [Ge].[O-2].[O-2].[O-2].[Ti+4]. The van der Waals surface area contributed by atoms with Gasteiger partial charge < -0.3 is 16.4 Å². The van der Waals surface area contributed by atoms with Gasteiger partial charge in [0, 0.05) is 17.6 Å². The van der Waals surface area contributed by atoms with Crippen LogP contribution in [0.1, 0.15) is 0 Å². The number of hydrogen-bond donors (Lipinski definition) is 0. The average molecular weight is 168 g/mol. The van der Waals surface area contributed by atoms with Gasteiger partial charge in [0.1, 0.15) is 0 Å². The molecular weight excluding hydrogens is 168 g/mol. The van der Waals surface area contributed by atoms with Crippen molar-refractivity contribution in [3.8, 4) is 0 Å². The van der Waals surface area contributed by atoms with Crippen molar-refractivity contribution in [3.05, 3.63) is 0 Å². The Morgan fingerprint density at radius 3 is 0.600 bits per heavy atom. The fraction of sp³-hybridized carbons (Fsp3) is 0. The predicted octanol–water partition coefficient (Wildman–Crippen LogP) is -0.740. The van der Waals surface area contributed by atoms with E-state index >= 15 is 0 Å². The van der Waals surface area contributed by atoms with Crippen molar-refractivity contribution < 1.29 is 38.1 Å². The third-order valence-electron chi connectivity index (χ3n) is 0. The van der Waals surface area contributed by atoms with E-state index in [0.29, 0.717) is 0 Å². The molecule has 0 amide bonds. The van der Waals surface area contributed by atoms with Crippen LogP contribution in [-0.2, 0) is 38.1 Å². The predicted molar refractivity (Wildman–Crippen MR) is 7.81 cm³/mol. The van der Waals surface area contributed by atoms with Crippen LogP contribution in [0.5, 0.6) is 0 Å². The second-order valence-electron chi connectivity index (χ2n) is 0. The molecule has 0 aromatic rings. The fourth-order valence-electron chi connectivity index (χ4n) is 0. The van der Waals surface area contributed by atoms with Gasteiger partial charge in [0.25, 0.3) is 0 Å². The molecule has 4 radical (unpaired) electrons. The minimum Gasteiger partial charge on any atom is -2.00 e. The minimum atomic E-state index is 0. The van der Waals surface area contributed by atoms with Gasteiger partial charge in [0.15, 0.2) is 0 Å². The molecule has 0 spiro atoms. The maximum absolute atomic E-state index is 0. The monoisotopic (exact) mass is 170 g/mol. The normalized spacial score (nSPS) is 0. The van der Waals surface area contributed by atoms with Gasteiger partial charge in [0.05, 0.1) is 0 Å². The summed E-state index contributed by atoms with van der Waals surface area (Å²) < 4.78 is 0. The first-order valence-corrected chi connectivity index (χ1v) is 0. The summed E-state index contributed by atoms with van der Waals surface area (Å²) in [5.74, 6) is 0. The Hall–Kier alpha value is 1.14. The number of rotatable bonds is 0. The van der Waals surface area contributed by atoms with Crippen LogP contribution in [0, 0.1) is 0 Å². The summed E-state index contributed by atoms with van der Waals surface area (Å²) in [6.45, 7) is 0. The van der Waals surface area contributed by atoms with E-state index in [1.165, 1.54) is 0 Å². The number of hydrogen-bond acceptors (Lipinski definition) is 0. The van der Waals surface area contributed by atoms with Crippen LogP contribution in [0.15, 0.2) is 0 Å². The summed E-state index contributed by atoms with van der Waals surface area (Å²) in [5.41, 5.74) is 0. The molecule has 0 aromatic heterocycles. The molecule has 0 aromatic carbocycles. The molecule has 5 heteroatoms. The van der Waals surface area contributed by atoms with Crippen molar-refractivity contribution in [2.75, 3.05) is 0 Å². The Bertz CT molecular complexity index is 6.85. The van der Waals surface area contributed by atoms with E-state index in [0.717, 1.165) is 0 Å². The molecule has 0 aliphatic rings. The maximum Gasteiger partial charge on any atom is 4.00 e. The molecule has 3 nitrogen and oxygen atoms in total. The first-order valence-electron chi connectivity index (χ1n) is 0. The van der Waals surface area contributed by atoms with Crippen LogP contribution in [0.2, 0.25) is 0 Å². The maximum atomic E-state index is 0. The van der Waals surface area contributed by atoms with Crippen molar-refractivity contribution in [1.29, 1.82) is 0 Å². The second kappa shape index (κ2) is 68.0. The summed E-state index contributed by atoms with van der Waals surface area (Å²) >= 11 is 0. The van der Waals surface area contributed by atoms with E-state index < -0.39 is 0 Å².